The molecule has 0 atom stereocenters. The molecule has 5 aromatic carbocycles. The van der Waals surface area contributed by atoms with Gasteiger partial charge < -0.3 is 4.42 Å². The minimum Gasteiger partial charge on any atom is -0.456 e. The van der Waals surface area contributed by atoms with Crippen molar-refractivity contribution < 1.29 is 4.42 Å². The van der Waals surface area contributed by atoms with Crippen molar-refractivity contribution in [3.63, 3.8) is 0 Å². The fraction of sp³-hybridized carbons (Fsp3) is 0. The van der Waals surface area contributed by atoms with Crippen LogP contribution in [-0.4, -0.2) is 29.5 Å². The number of hydrogen-bond donors (Lipinski definition) is 0. The highest BCUT2D eigenvalue weighted by molar-refractivity contribution is 6.26. The number of aromatic nitrogens is 6. The molecule has 0 aliphatic rings. The molecule has 0 fully saturated rings. The van der Waals surface area contributed by atoms with E-state index in [9.17, 15) is 0 Å². The molecule has 0 spiro atoms. The lowest BCUT2D eigenvalue weighted by Gasteiger charge is -2.09. The molecule has 0 N–H and O–H groups in total. The molecule has 9 rings (SSSR count). The van der Waals surface area contributed by atoms with E-state index < -0.39 is 0 Å². The highest BCUT2D eigenvalue weighted by Crippen LogP contribution is 2.40. The van der Waals surface area contributed by atoms with Crippen molar-refractivity contribution in [3.8, 4) is 40.1 Å². The van der Waals surface area contributed by atoms with Gasteiger partial charge in [-0.15, -0.1) is 0 Å². The van der Waals surface area contributed by atoms with Crippen LogP contribution < -0.4 is 0 Å². The first-order valence-corrected chi connectivity index (χ1v) is 14.3. The standard InChI is InChI=1S/C37H22N6O/c1-3-11-23(12-4-1)34-40-35(24-13-5-2-6-14-24)42-36(41-34)25-21-38-37(39-22-25)43-28-17-9-16-27-26-15-7-8-19-30(26)44-31-20-10-18-29(43)33(31)32(27)28/h1-22H. The van der Waals surface area contributed by atoms with Gasteiger partial charge >= 0.3 is 0 Å². The first-order chi connectivity index (χ1) is 21.8. The molecule has 206 valence electrons. The smallest absolute Gasteiger partial charge is 0.234 e. The fourth-order valence-electron chi connectivity index (χ4n) is 5.99. The van der Waals surface area contributed by atoms with Crippen LogP contribution in [0.1, 0.15) is 0 Å². The summed E-state index contributed by atoms with van der Waals surface area (Å²) in [6, 6.07) is 40.5. The van der Waals surface area contributed by atoms with E-state index in [-0.39, 0.29) is 0 Å². The van der Waals surface area contributed by atoms with E-state index >= 15 is 0 Å². The third-order valence-corrected chi connectivity index (χ3v) is 7.97. The predicted octanol–water partition coefficient (Wildman–Crippen LogP) is 8.66. The Bertz CT molecular complexity index is 2430. The molecule has 0 unspecified atom stereocenters. The molecule has 7 heteroatoms. The Morgan fingerprint density at radius 3 is 1.64 bits per heavy atom. The molecule has 44 heavy (non-hydrogen) atoms. The van der Waals surface area contributed by atoms with Crippen LogP contribution in [0.2, 0.25) is 0 Å². The number of nitrogens with zero attached hydrogens (tertiary/aromatic N) is 6. The Hall–Kier alpha value is -6.21. The Morgan fingerprint density at radius 1 is 0.432 bits per heavy atom. The minimum absolute atomic E-state index is 0.510. The van der Waals surface area contributed by atoms with Crippen molar-refractivity contribution in [3.05, 3.63) is 134 Å². The van der Waals surface area contributed by atoms with Gasteiger partial charge in [-0.25, -0.2) is 24.9 Å². The number of rotatable bonds is 4. The molecular formula is C37H22N6O. The minimum atomic E-state index is 0.510. The highest BCUT2D eigenvalue weighted by atomic mass is 16.3. The molecule has 0 bridgehead atoms. The van der Waals surface area contributed by atoms with Crippen LogP contribution in [0, 0.1) is 0 Å². The Kier molecular flexibility index (Phi) is 5.36. The maximum absolute atomic E-state index is 6.47. The van der Waals surface area contributed by atoms with Crippen LogP contribution in [0.3, 0.4) is 0 Å². The summed E-state index contributed by atoms with van der Waals surface area (Å²) in [6.45, 7) is 0. The number of para-hydroxylation sites is 1. The average molecular weight is 567 g/mol. The fourth-order valence-corrected chi connectivity index (χ4v) is 5.99. The van der Waals surface area contributed by atoms with Crippen LogP contribution in [0.25, 0.3) is 83.9 Å². The van der Waals surface area contributed by atoms with Crippen LogP contribution in [0.4, 0.5) is 0 Å². The van der Waals surface area contributed by atoms with Crippen molar-refractivity contribution in [1.29, 1.82) is 0 Å². The Labute approximate surface area is 251 Å². The number of benzene rings is 5. The van der Waals surface area contributed by atoms with Gasteiger partial charge in [0.15, 0.2) is 17.5 Å². The quantitative estimate of drug-likeness (QED) is 0.212. The largest absolute Gasteiger partial charge is 0.456 e. The van der Waals surface area contributed by atoms with Crippen molar-refractivity contribution in [2.75, 3.05) is 0 Å². The van der Waals surface area contributed by atoms with Crippen molar-refractivity contribution in [1.82, 2.24) is 29.5 Å². The predicted molar refractivity (Wildman–Crippen MR) is 173 cm³/mol. The van der Waals surface area contributed by atoms with Crippen molar-refractivity contribution >= 4 is 43.7 Å². The summed E-state index contributed by atoms with van der Waals surface area (Å²) in [5.74, 6) is 2.25. The van der Waals surface area contributed by atoms with E-state index in [1.807, 2.05) is 91.0 Å². The molecule has 4 heterocycles. The zero-order chi connectivity index (χ0) is 29.0. The molecule has 0 saturated carbocycles. The van der Waals surface area contributed by atoms with Gasteiger partial charge in [0.05, 0.1) is 22.0 Å². The summed E-state index contributed by atoms with van der Waals surface area (Å²) >= 11 is 0. The second-order valence-corrected chi connectivity index (χ2v) is 10.6. The van der Waals surface area contributed by atoms with Crippen LogP contribution in [0.15, 0.2) is 138 Å². The molecule has 0 saturated heterocycles. The van der Waals surface area contributed by atoms with Crippen molar-refractivity contribution in [2.45, 2.75) is 0 Å². The van der Waals surface area contributed by atoms with Gasteiger partial charge in [-0.05, 0) is 29.7 Å². The Balaban J connectivity index is 1.23. The van der Waals surface area contributed by atoms with Gasteiger partial charge in [0.25, 0.3) is 0 Å². The van der Waals surface area contributed by atoms with Crippen LogP contribution >= 0.6 is 0 Å². The summed E-state index contributed by atoms with van der Waals surface area (Å²) in [4.78, 5) is 24.2. The SMILES string of the molecule is c1ccc(-c2nc(-c3ccccc3)nc(-c3cnc(-n4c5cccc6oc7ccccc7c7cccc4c7c65)nc3)n2)cc1. The average Bonchev–Trinajstić information content (AvgIpc) is 3.36. The van der Waals surface area contributed by atoms with Gasteiger partial charge in [0, 0.05) is 34.3 Å². The molecule has 7 nitrogen and oxygen atoms in total. The summed E-state index contributed by atoms with van der Waals surface area (Å²) < 4.78 is 8.56. The third-order valence-electron chi connectivity index (χ3n) is 7.97. The maximum atomic E-state index is 6.47. The highest BCUT2D eigenvalue weighted by Gasteiger charge is 2.20. The van der Waals surface area contributed by atoms with Crippen molar-refractivity contribution in [2.24, 2.45) is 0 Å². The molecule has 0 aliphatic carbocycles. The topological polar surface area (TPSA) is 82.5 Å². The first-order valence-electron chi connectivity index (χ1n) is 14.3. The lowest BCUT2D eigenvalue weighted by atomic mass is 10.1. The second kappa shape index (κ2) is 9.68. The first kappa shape index (κ1) is 24.4. The zero-order valence-corrected chi connectivity index (χ0v) is 23.3. The lowest BCUT2D eigenvalue weighted by Crippen LogP contribution is -2.03. The normalized spacial score (nSPS) is 11.6. The number of fused-ring (bicyclic) bond motifs is 2. The molecule has 0 radical (unpaired) electrons. The maximum Gasteiger partial charge on any atom is 0.234 e. The monoisotopic (exact) mass is 566 g/mol. The van der Waals surface area contributed by atoms with Crippen LogP contribution in [0.5, 0.6) is 0 Å². The summed E-state index contributed by atoms with van der Waals surface area (Å²) in [5.41, 5.74) is 6.16. The van der Waals surface area contributed by atoms with Gasteiger partial charge in [-0.1, -0.05) is 97.1 Å². The van der Waals surface area contributed by atoms with Gasteiger partial charge in [-0.3, -0.25) is 4.57 Å². The van der Waals surface area contributed by atoms with Crippen LogP contribution in [-0.2, 0) is 0 Å². The molecule has 0 amide bonds. The van der Waals surface area contributed by atoms with E-state index in [0.29, 0.717) is 29.0 Å². The van der Waals surface area contributed by atoms with E-state index in [4.69, 9.17) is 29.3 Å². The second-order valence-electron chi connectivity index (χ2n) is 10.6. The number of hydrogen-bond acceptors (Lipinski definition) is 6. The van der Waals surface area contributed by atoms with E-state index in [1.165, 1.54) is 0 Å². The zero-order valence-electron chi connectivity index (χ0n) is 23.3. The molecule has 0 aliphatic heterocycles. The summed E-state index contributed by atoms with van der Waals surface area (Å²) in [5, 5.41) is 4.34. The summed E-state index contributed by atoms with van der Waals surface area (Å²) in [6.07, 6.45) is 3.56. The third kappa shape index (κ3) is 3.80. The molecule has 9 aromatic rings. The summed E-state index contributed by atoms with van der Waals surface area (Å²) in [7, 11) is 0. The van der Waals surface area contributed by atoms with Gasteiger partial charge in [0.2, 0.25) is 5.95 Å². The van der Waals surface area contributed by atoms with Gasteiger partial charge in [-0.2, -0.15) is 0 Å². The molecular weight excluding hydrogens is 544 g/mol. The van der Waals surface area contributed by atoms with E-state index in [2.05, 4.69) is 34.9 Å². The van der Waals surface area contributed by atoms with Gasteiger partial charge in [0.1, 0.15) is 11.2 Å². The Morgan fingerprint density at radius 2 is 0.955 bits per heavy atom. The van der Waals surface area contributed by atoms with E-state index in [0.717, 1.165) is 54.9 Å². The lowest BCUT2D eigenvalue weighted by molar-refractivity contribution is 0.664. The molecule has 4 aromatic heterocycles. The van der Waals surface area contributed by atoms with E-state index in [1.54, 1.807) is 12.4 Å².